The summed E-state index contributed by atoms with van der Waals surface area (Å²) in [5.41, 5.74) is 0. The number of benzene rings is 1. The number of halogens is 1. The Kier molecular flexibility index (Phi) is 4.65. The number of hydrogen-bond acceptors (Lipinski definition) is 3. The third kappa shape index (κ3) is 3.72. The zero-order valence-electron chi connectivity index (χ0n) is 11.1. The molecule has 108 valence electrons. The lowest BCUT2D eigenvalue weighted by Crippen LogP contribution is -2.46. The van der Waals surface area contributed by atoms with Gasteiger partial charge in [0.15, 0.2) is 6.61 Å². The molecule has 1 saturated carbocycles. The first-order valence-corrected chi connectivity index (χ1v) is 7.20. The molecule has 1 aromatic carbocycles. The summed E-state index contributed by atoms with van der Waals surface area (Å²) in [6.45, 7) is 1.38. The van der Waals surface area contributed by atoms with Gasteiger partial charge in [0, 0.05) is 10.5 Å². The summed E-state index contributed by atoms with van der Waals surface area (Å²) in [4.78, 5) is 24.6. The molecule has 1 atom stereocenters. The van der Waals surface area contributed by atoms with Crippen LogP contribution in [0.4, 0.5) is 0 Å². The van der Waals surface area contributed by atoms with Gasteiger partial charge in [-0.15, -0.1) is 0 Å². The first-order chi connectivity index (χ1) is 9.49. The number of rotatable bonds is 6. The van der Waals surface area contributed by atoms with E-state index in [1.165, 1.54) is 11.8 Å². The van der Waals surface area contributed by atoms with E-state index in [4.69, 9.17) is 9.84 Å². The quantitative estimate of drug-likeness (QED) is 0.861. The summed E-state index contributed by atoms with van der Waals surface area (Å²) in [6, 6.07) is 6.40. The highest BCUT2D eigenvalue weighted by Gasteiger charge is 2.38. The Bertz CT molecular complexity index is 516. The van der Waals surface area contributed by atoms with Crippen LogP contribution in [0.3, 0.4) is 0 Å². The average molecular weight is 342 g/mol. The maximum atomic E-state index is 12.2. The number of carboxylic acid groups (broad SMARTS) is 1. The number of hydrogen-bond donors (Lipinski definition) is 1. The van der Waals surface area contributed by atoms with Crippen molar-refractivity contribution in [3.8, 4) is 5.75 Å². The van der Waals surface area contributed by atoms with Crippen LogP contribution in [-0.4, -0.2) is 40.6 Å². The Balaban J connectivity index is 1.97. The van der Waals surface area contributed by atoms with Crippen molar-refractivity contribution in [2.75, 3.05) is 6.61 Å². The van der Waals surface area contributed by atoms with Crippen molar-refractivity contribution in [3.63, 3.8) is 0 Å². The van der Waals surface area contributed by atoms with Crippen LogP contribution in [0.1, 0.15) is 19.8 Å². The maximum absolute atomic E-state index is 12.2. The van der Waals surface area contributed by atoms with Crippen molar-refractivity contribution < 1.29 is 19.4 Å². The first-order valence-electron chi connectivity index (χ1n) is 6.41. The number of amides is 1. The van der Waals surface area contributed by atoms with E-state index in [-0.39, 0.29) is 18.6 Å². The fourth-order valence-electron chi connectivity index (χ4n) is 1.98. The van der Waals surface area contributed by atoms with Crippen molar-refractivity contribution in [2.45, 2.75) is 31.8 Å². The van der Waals surface area contributed by atoms with Gasteiger partial charge in [-0.2, -0.15) is 0 Å². The molecule has 1 unspecified atom stereocenters. The molecule has 20 heavy (non-hydrogen) atoms. The number of nitrogens with zero attached hydrogens (tertiary/aromatic N) is 1. The van der Waals surface area contributed by atoms with Gasteiger partial charge in [-0.25, -0.2) is 4.79 Å². The van der Waals surface area contributed by atoms with Gasteiger partial charge < -0.3 is 14.7 Å². The van der Waals surface area contributed by atoms with Gasteiger partial charge in [-0.05, 0) is 38.0 Å². The Morgan fingerprint density at radius 1 is 1.50 bits per heavy atom. The number of aliphatic carboxylic acids is 1. The van der Waals surface area contributed by atoms with Gasteiger partial charge in [-0.3, -0.25) is 4.79 Å². The smallest absolute Gasteiger partial charge is 0.326 e. The predicted molar refractivity (Wildman–Crippen MR) is 76.6 cm³/mol. The first kappa shape index (κ1) is 14.8. The van der Waals surface area contributed by atoms with Crippen LogP contribution in [0.25, 0.3) is 0 Å². The molecule has 1 fully saturated rings. The molecule has 1 aromatic rings. The molecule has 0 aromatic heterocycles. The highest BCUT2D eigenvalue weighted by molar-refractivity contribution is 9.10. The minimum Gasteiger partial charge on any atom is -0.484 e. The molecule has 6 heteroatoms. The maximum Gasteiger partial charge on any atom is 0.326 e. The van der Waals surface area contributed by atoms with Gasteiger partial charge in [0.25, 0.3) is 5.91 Å². The summed E-state index contributed by atoms with van der Waals surface area (Å²) < 4.78 is 6.28. The molecule has 0 radical (unpaired) electrons. The molecule has 0 bridgehead atoms. The van der Waals surface area contributed by atoms with E-state index in [9.17, 15) is 9.59 Å². The normalized spacial score (nSPS) is 15.5. The average Bonchev–Trinajstić information content (AvgIpc) is 3.21. The minimum absolute atomic E-state index is 0.0414. The minimum atomic E-state index is -0.993. The molecular formula is C14H16BrNO4. The Morgan fingerprint density at radius 3 is 2.75 bits per heavy atom. The van der Waals surface area contributed by atoms with Crippen molar-refractivity contribution in [3.05, 3.63) is 28.7 Å². The van der Waals surface area contributed by atoms with Gasteiger partial charge in [0.1, 0.15) is 11.8 Å². The van der Waals surface area contributed by atoms with Crippen LogP contribution in [0.15, 0.2) is 28.7 Å². The lowest BCUT2D eigenvalue weighted by atomic mass is 10.2. The molecule has 0 heterocycles. The highest BCUT2D eigenvalue weighted by Crippen LogP contribution is 2.29. The lowest BCUT2D eigenvalue weighted by Gasteiger charge is -2.26. The summed E-state index contributed by atoms with van der Waals surface area (Å²) in [5, 5.41) is 9.06. The van der Waals surface area contributed by atoms with Crippen molar-refractivity contribution in [1.29, 1.82) is 0 Å². The van der Waals surface area contributed by atoms with Crippen LogP contribution in [-0.2, 0) is 9.59 Å². The summed E-state index contributed by atoms with van der Waals surface area (Å²) in [7, 11) is 0. The third-order valence-corrected chi connectivity index (χ3v) is 3.65. The fraction of sp³-hybridized carbons (Fsp3) is 0.429. The van der Waals surface area contributed by atoms with Crippen molar-refractivity contribution >= 4 is 27.8 Å². The molecule has 1 aliphatic rings. The predicted octanol–water partition coefficient (Wildman–Crippen LogP) is 2.29. The fourth-order valence-corrected chi connectivity index (χ4v) is 2.36. The van der Waals surface area contributed by atoms with Crippen molar-refractivity contribution in [1.82, 2.24) is 4.90 Å². The monoisotopic (exact) mass is 341 g/mol. The summed E-state index contributed by atoms with van der Waals surface area (Å²) >= 11 is 3.32. The zero-order valence-corrected chi connectivity index (χ0v) is 12.7. The van der Waals surface area contributed by atoms with E-state index in [0.29, 0.717) is 5.75 Å². The van der Waals surface area contributed by atoms with Gasteiger partial charge in [0.05, 0.1) is 0 Å². The van der Waals surface area contributed by atoms with Crippen LogP contribution in [0.5, 0.6) is 5.75 Å². The SMILES string of the molecule is CC(C(=O)O)N(C(=O)COc1cccc(Br)c1)C1CC1. The summed E-state index contributed by atoms with van der Waals surface area (Å²) in [6.07, 6.45) is 1.72. The zero-order chi connectivity index (χ0) is 14.7. The van der Waals surface area contributed by atoms with E-state index >= 15 is 0 Å². The van der Waals surface area contributed by atoms with Gasteiger partial charge in [-0.1, -0.05) is 22.0 Å². The molecular weight excluding hydrogens is 326 g/mol. The Morgan fingerprint density at radius 2 is 2.20 bits per heavy atom. The number of carbonyl (C=O) groups excluding carboxylic acids is 1. The van der Waals surface area contributed by atoms with E-state index in [1.807, 2.05) is 12.1 Å². The van der Waals surface area contributed by atoms with Gasteiger partial charge >= 0.3 is 5.97 Å². The molecule has 1 N–H and O–H groups in total. The number of carbonyl (C=O) groups is 2. The highest BCUT2D eigenvalue weighted by atomic mass is 79.9. The molecule has 0 saturated heterocycles. The Hall–Kier alpha value is -1.56. The molecule has 1 aliphatic carbocycles. The molecule has 1 amide bonds. The second-order valence-electron chi connectivity index (χ2n) is 4.79. The summed E-state index contributed by atoms with van der Waals surface area (Å²) in [5.74, 6) is -0.707. The van der Waals surface area contributed by atoms with Crippen LogP contribution >= 0.6 is 15.9 Å². The lowest BCUT2D eigenvalue weighted by molar-refractivity contribution is -0.150. The number of ether oxygens (including phenoxy) is 1. The standard InChI is InChI=1S/C14H16BrNO4/c1-9(14(18)19)16(11-5-6-11)13(17)8-20-12-4-2-3-10(15)7-12/h2-4,7,9,11H,5-6,8H2,1H3,(H,18,19). The second kappa shape index (κ2) is 6.26. The van der Waals surface area contributed by atoms with E-state index < -0.39 is 12.0 Å². The Labute approximate surface area is 125 Å². The largest absolute Gasteiger partial charge is 0.484 e. The topological polar surface area (TPSA) is 66.8 Å². The molecule has 5 nitrogen and oxygen atoms in total. The van der Waals surface area contributed by atoms with Crippen LogP contribution in [0, 0.1) is 0 Å². The molecule has 2 rings (SSSR count). The van der Waals surface area contributed by atoms with E-state index in [0.717, 1.165) is 17.3 Å². The van der Waals surface area contributed by atoms with Crippen molar-refractivity contribution in [2.24, 2.45) is 0 Å². The van der Waals surface area contributed by atoms with E-state index in [2.05, 4.69) is 15.9 Å². The molecule has 0 aliphatic heterocycles. The second-order valence-corrected chi connectivity index (χ2v) is 5.71. The number of carboxylic acids is 1. The van der Waals surface area contributed by atoms with Crippen LogP contribution in [0.2, 0.25) is 0 Å². The molecule has 0 spiro atoms. The van der Waals surface area contributed by atoms with Crippen LogP contribution < -0.4 is 4.74 Å². The third-order valence-electron chi connectivity index (χ3n) is 3.16. The van der Waals surface area contributed by atoms with E-state index in [1.54, 1.807) is 12.1 Å². The van der Waals surface area contributed by atoms with Gasteiger partial charge in [0.2, 0.25) is 0 Å².